The van der Waals surface area contributed by atoms with Crippen LogP contribution in [0.25, 0.3) is 16.7 Å². The molecule has 7 heteroatoms. The topological polar surface area (TPSA) is 109 Å². The smallest absolute Gasteiger partial charge is 0.241 e. The molecule has 2 heterocycles. The number of para-hydroxylation sites is 1. The van der Waals surface area contributed by atoms with Crippen LogP contribution in [0, 0.1) is 6.92 Å². The number of benzene rings is 1. The lowest BCUT2D eigenvalue weighted by molar-refractivity contribution is 0.854. The van der Waals surface area contributed by atoms with Crippen molar-refractivity contribution in [3.8, 4) is 5.82 Å². The van der Waals surface area contributed by atoms with E-state index in [1.54, 1.807) is 0 Å². The first-order valence-electron chi connectivity index (χ1n) is 5.37. The molecule has 0 amide bonds. The summed E-state index contributed by atoms with van der Waals surface area (Å²) in [7, 11) is 0. The van der Waals surface area contributed by atoms with Gasteiger partial charge in [-0.3, -0.25) is 0 Å². The third-order valence-electron chi connectivity index (χ3n) is 2.54. The fraction of sp³-hybridized carbons (Fsp3) is 0.0909. The minimum absolute atomic E-state index is 0.118. The first-order valence-corrected chi connectivity index (χ1v) is 5.37. The number of nitrogens with two attached hydrogens (primary N) is 2. The maximum Gasteiger partial charge on any atom is 0.241 e. The van der Waals surface area contributed by atoms with Crippen molar-refractivity contribution in [2.75, 3.05) is 11.5 Å². The standard InChI is InChI=1S/C11H11N7/c1-6-14-8-5-3-2-4-7(8)9(15-6)18-11(13)16-10(12)17-18/h2-5H,1H3,(H4,12,13,16,17). The van der Waals surface area contributed by atoms with Gasteiger partial charge in [0.25, 0.3) is 0 Å². The zero-order chi connectivity index (χ0) is 12.7. The number of fused-ring (bicyclic) bond motifs is 1. The van der Waals surface area contributed by atoms with E-state index in [0.29, 0.717) is 11.6 Å². The average Bonchev–Trinajstić information content (AvgIpc) is 2.67. The molecule has 0 fully saturated rings. The van der Waals surface area contributed by atoms with Gasteiger partial charge in [-0.15, -0.1) is 5.10 Å². The summed E-state index contributed by atoms with van der Waals surface area (Å²) in [6.07, 6.45) is 0. The van der Waals surface area contributed by atoms with Crippen LogP contribution in [0.2, 0.25) is 0 Å². The van der Waals surface area contributed by atoms with Crippen molar-refractivity contribution in [2.24, 2.45) is 0 Å². The van der Waals surface area contributed by atoms with Crippen LogP contribution in [-0.4, -0.2) is 24.7 Å². The minimum Gasteiger partial charge on any atom is -0.368 e. The lowest BCUT2D eigenvalue weighted by Crippen LogP contribution is -2.07. The molecule has 1 aromatic carbocycles. The second-order valence-corrected chi connectivity index (χ2v) is 3.85. The van der Waals surface area contributed by atoms with E-state index in [0.717, 1.165) is 10.9 Å². The molecule has 3 rings (SSSR count). The number of nitrogen functional groups attached to an aromatic ring is 2. The second kappa shape index (κ2) is 3.66. The summed E-state index contributed by atoms with van der Waals surface area (Å²) in [5.41, 5.74) is 12.1. The van der Waals surface area contributed by atoms with Crippen LogP contribution < -0.4 is 11.5 Å². The first kappa shape index (κ1) is 10.5. The van der Waals surface area contributed by atoms with Gasteiger partial charge in [0.1, 0.15) is 5.82 Å². The van der Waals surface area contributed by atoms with Crippen molar-refractivity contribution >= 4 is 22.8 Å². The quantitative estimate of drug-likeness (QED) is 0.648. The summed E-state index contributed by atoms with van der Waals surface area (Å²) in [6, 6.07) is 7.63. The molecule has 0 radical (unpaired) electrons. The lowest BCUT2D eigenvalue weighted by atomic mass is 10.2. The normalized spacial score (nSPS) is 10.9. The van der Waals surface area contributed by atoms with E-state index in [9.17, 15) is 0 Å². The highest BCUT2D eigenvalue weighted by Gasteiger charge is 2.12. The van der Waals surface area contributed by atoms with Crippen LogP contribution in [0.4, 0.5) is 11.9 Å². The van der Waals surface area contributed by atoms with Crippen LogP contribution in [-0.2, 0) is 0 Å². The van der Waals surface area contributed by atoms with E-state index in [2.05, 4.69) is 20.1 Å². The van der Waals surface area contributed by atoms with Crippen molar-refractivity contribution in [2.45, 2.75) is 6.92 Å². The number of hydrogen-bond acceptors (Lipinski definition) is 6. The number of anilines is 2. The van der Waals surface area contributed by atoms with Gasteiger partial charge in [-0.2, -0.15) is 9.67 Å². The molecule has 0 atom stereocenters. The highest BCUT2D eigenvalue weighted by Crippen LogP contribution is 2.20. The molecule has 0 spiro atoms. The summed E-state index contributed by atoms with van der Waals surface area (Å²) >= 11 is 0. The molecule has 0 aliphatic rings. The molecular formula is C11H11N7. The van der Waals surface area contributed by atoms with E-state index >= 15 is 0 Å². The zero-order valence-electron chi connectivity index (χ0n) is 9.70. The molecule has 0 bridgehead atoms. The molecule has 0 aliphatic heterocycles. The fourth-order valence-electron chi connectivity index (χ4n) is 1.83. The van der Waals surface area contributed by atoms with E-state index in [1.807, 2.05) is 31.2 Å². The van der Waals surface area contributed by atoms with Crippen LogP contribution in [0.15, 0.2) is 24.3 Å². The lowest BCUT2D eigenvalue weighted by Gasteiger charge is -2.06. The van der Waals surface area contributed by atoms with Gasteiger partial charge < -0.3 is 11.5 Å². The molecule has 3 aromatic rings. The molecule has 0 aliphatic carbocycles. The van der Waals surface area contributed by atoms with Gasteiger partial charge in [-0.25, -0.2) is 9.97 Å². The predicted octanol–water partition coefficient (Wildman–Crippen LogP) is 0.683. The second-order valence-electron chi connectivity index (χ2n) is 3.85. The Labute approximate surface area is 102 Å². The molecule has 7 nitrogen and oxygen atoms in total. The van der Waals surface area contributed by atoms with E-state index in [1.165, 1.54) is 4.68 Å². The predicted molar refractivity (Wildman–Crippen MR) is 68.0 cm³/mol. The summed E-state index contributed by atoms with van der Waals surface area (Å²) in [4.78, 5) is 12.6. The molecule has 90 valence electrons. The number of aryl methyl sites for hydroxylation is 1. The molecule has 0 unspecified atom stereocenters. The summed E-state index contributed by atoms with van der Waals surface area (Å²) in [5, 5.41) is 4.89. The van der Waals surface area contributed by atoms with Gasteiger partial charge in [-0.05, 0) is 19.1 Å². The van der Waals surface area contributed by atoms with Crippen molar-refractivity contribution in [1.82, 2.24) is 24.7 Å². The van der Waals surface area contributed by atoms with Crippen LogP contribution in [0.5, 0.6) is 0 Å². The molecule has 18 heavy (non-hydrogen) atoms. The van der Waals surface area contributed by atoms with Gasteiger partial charge >= 0.3 is 0 Å². The van der Waals surface area contributed by atoms with E-state index in [4.69, 9.17) is 11.5 Å². The monoisotopic (exact) mass is 241 g/mol. The van der Waals surface area contributed by atoms with E-state index in [-0.39, 0.29) is 11.9 Å². The third-order valence-corrected chi connectivity index (χ3v) is 2.54. The highest BCUT2D eigenvalue weighted by molar-refractivity contribution is 5.85. The van der Waals surface area contributed by atoms with Crippen LogP contribution in [0.3, 0.4) is 0 Å². The maximum atomic E-state index is 5.76. The average molecular weight is 241 g/mol. The molecule has 0 saturated carbocycles. The SMILES string of the molecule is Cc1nc(-n2nc(N)nc2N)c2ccccc2n1. The molecule has 0 saturated heterocycles. The Balaban J connectivity index is 2.38. The number of nitrogens with zero attached hydrogens (tertiary/aromatic N) is 5. The summed E-state index contributed by atoms with van der Waals surface area (Å²) in [6.45, 7) is 1.81. The molecule has 4 N–H and O–H groups in total. The van der Waals surface area contributed by atoms with Crippen LogP contribution in [0.1, 0.15) is 5.82 Å². The minimum atomic E-state index is 0.118. The molecular weight excluding hydrogens is 230 g/mol. The number of hydrogen-bond donors (Lipinski definition) is 2. The Morgan fingerprint density at radius 3 is 2.56 bits per heavy atom. The number of rotatable bonds is 1. The van der Waals surface area contributed by atoms with Gasteiger partial charge in [0.15, 0.2) is 5.82 Å². The van der Waals surface area contributed by atoms with Crippen molar-refractivity contribution < 1.29 is 0 Å². The Morgan fingerprint density at radius 2 is 1.83 bits per heavy atom. The van der Waals surface area contributed by atoms with Gasteiger partial charge in [0.05, 0.1) is 5.52 Å². The van der Waals surface area contributed by atoms with Gasteiger partial charge in [0, 0.05) is 5.39 Å². The summed E-state index contributed by atoms with van der Waals surface area (Å²) < 4.78 is 1.42. The maximum absolute atomic E-state index is 5.76. The Bertz CT molecular complexity index is 731. The number of aromatic nitrogens is 5. The van der Waals surface area contributed by atoms with Gasteiger partial charge in [0.2, 0.25) is 11.9 Å². The summed E-state index contributed by atoms with van der Waals surface area (Å²) in [5.74, 6) is 1.54. The first-order chi connectivity index (χ1) is 8.65. The van der Waals surface area contributed by atoms with Crippen molar-refractivity contribution in [3.63, 3.8) is 0 Å². The zero-order valence-corrected chi connectivity index (χ0v) is 9.70. The fourth-order valence-corrected chi connectivity index (χ4v) is 1.83. The largest absolute Gasteiger partial charge is 0.368 e. The molecule has 2 aromatic heterocycles. The Kier molecular flexibility index (Phi) is 2.12. The van der Waals surface area contributed by atoms with Crippen molar-refractivity contribution in [3.05, 3.63) is 30.1 Å². The van der Waals surface area contributed by atoms with E-state index < -0.39 is 0 Å². The van der Waals surface area contributed by atoms with Crippen LogP contribution >= 0.6 is 0 Å². The third kappa shape index (κ3) is 1.53. The van der Waals surface area contributed by atoms with Gasteiger partial charge in [-0.1, -0.05) is 12.1 Å². The van der Waals surface area contributed by atoms with Crippen molar-refractivity contribution in [1.29, 1.82) is 0 Å². The Morgan fingerprint density at radius 1 is 1.06 bits per heavy atom. The highest BCUT2D eigenvalue weighted by atomic mass is 15.4. The Hall–Kier alpha value is -2.70.